The van der Waals surface area contributed by atoms with Gasteiger partial charge in [0.25, 0.3) is 5.91 Å². The third kappa shape index (κ3) is 3.65. The normalized spacial score (nSPS) is 10.3. The van der Waals surface area contributed by atoms with Gasteiger partial charge in [-0.15, -0.1) is 0 Å². The van der Waals surface area contributed by atoms with Crippen molar-refractivity contribution in [3.05, 3.63) is 63.9 Å². The average molecular weight is 338 g/mol. The predicted octanol–water partition coefficient (Wildman–Crippen LogP) is 3.99. The highest BCUT2D eigenvalue weighted by molar-refractivity contribution is 9.10. The van der Waals surface area contributed by atoms with Crippen molar-refractivity contribution in [2.45, 2.75) is 6.61 Å². The first-order valence-electron chi connectivity index (χ1n) is 5.94. The van der Waals surface area contributed by atoms with E-state index >= 15 is 0 Å². The van der Waals surface area contributed by atoms with Crippen LogP contribution in [0.1, 0.15) is 15.9 Å². The second-order valence-electron chi connectivity index (χ2n) is 4.21. The molecule has 0 aliphatic heterocycles. The number of amides is 1. The van der Waals surface area contributed by atoms with E-state index in [0.29, 0.717) is 22.3 Å². The van der Waals surface area contributed by atoms with Crippen LogP contribution in [0.15, 0.2) is 46.9 Å². The molecule has 2 aromatic carbocycles. The van der Waals surface area contributed by atoms with Crippen molar-refractivity contribution in [1.82, 2.24) is 0 Å². The summed E-state index contributed by atoms with van der Waals surface area (Å²) >= 11 is 3.18. The minimum atomic E-state index is -0.393. The standard InChI is InChI=1S/C15H13BrFNO2/c1-20-9-10-3-2-4-12(7-10)18-15(19)13-6-5-11(17)8-14(13)16/h2-8H,9H2,1H3,(H,18,19). The molecule has 0 unspecified atom stereocenters. The fourth-order valence-electron chi connectivity index (χ4n) is 1.78. The predicted molar refractivity (Wildman–Crippen MR) is 79.2 cm³/mol. The average Bonchev–Trinajstić information content (AvgIpc) is 2.39. The van der Waals surface area contributed by atoms with Crippen LogP contribution < -0.4 is 5.32 Å². The molecule has 0 aromatic heterocycles. The van der Waals surface area contributed by atoms with Crippen LogP contribution in [-0.4, -0.2) is 13.0 Å². The number of carbonyl (C=O) groups excluding carboxylic acids is 1. The summed E-state index contributed by atoms with van der Waals surface area (Å²) in [5.74, 6) is -0.693. The Balaban J connectivity index is 2.17. The summed E-state index contributed by atoms with van der Waals surface area (Å²) in [5, 5.41) is 2.77. The van der Waals surface area contributed by atoms with E-state index in [1.807, 2.05) is 18.2 Å². The second kappa shape index (κ2) is 6.63. The van der Waals surface area contributed by atoms with Crippen molar-refractivity contribution < 1.29 is 13.9 Å². The lowest BCUT2D eigenvalue weighted by atomic mass is 10.2. The molecule has 3 nitrogen and oxygen atoms in total. The van der Waals surface area contributed by atoms with Gasteiger partial charge in [-0.25, -0.2) is 4.39 Å². The number of hydrogen-bond acceptors (Lipinski definition) is 2. The number of nitrogens with one attached hydrogen (secondary N) is 1. The van der Waals surface area contributed by atoms with E-state index < -0.39 is 5.82 Å². The molecule has 0 fully saturated rings. The minimum absolute atomic E-state index is 0.300. The van der Waals surface area contributed by atoms with Crippen LogP contribution in [-0.2, 0) is 11.3 Å². The van der Waals surface area contributed by atoms with Crippen LogP contribution in [0.5, 0.6) is 0 Å². The maximum atomic E-state index is 13.0. The molecule has 1 amide bonds. The number of carbonyl (C=O) groups is 1. The summed E-state index contributed by atoms with van der Waals surface area (Å²) in [6.45, 7) is 0.476. The molecule has 104 valence electrons. The molecular weight excluding hydrogens is 325 g/mol. The van der Waals surface area contributed by atoms with Crippen LogP contribution >= 0.6 is 15.9 Å². The van der Waals surface area contributed by atoms with Crippen LogP contribution in [0, 0.1) is 5.82 Å². The Morgan fingerprint density at radius 2 is 2.10 bits per heavy atom. The summed E-state index contributed by atoms with van der Waals surface area (Å²) in [6.07, 6.45) is 0. The molecule has 2 rings (SSSR count). The molecule has 0 aliphatic carbocycles. The summed E-state index contributed by atoms with van der Waals surface area (Å²) in [4.78, 5) is 12.1. The van der Waals surface area contributed by atoms with Crippen molar-refractivity contribution >= 4 is 27.5 Å². The fourth-order valence-corrected chi connectivity index (χ4v) is 2.31. The van der Waals surface area contributed by atoms with E-state index in [9.17, 15) is 9.18 Å². The lowest BCUT2D eigenvalue weighted by Gasteiger charge is -2.08. The Bertz CT molecular complexity index is 631. The van der Waals surface area contributed by atoms with E-state index in [0.717, 1.165) is 5.56 Å². The van der Waals surface area contributed by atoms with Gasteiger partial charge in [0.2, 0.25) is 0 Å². The van der Waals surface area contributed by atoms with Gasteiger partial charge in [-0.2, -0.15) is 0 Å². The minimum Gasteiger partial charge on any atom is -0.380 e. The number of ether oxygens (including phenoxy) is 1. The van der Waals surface area contributed by atoms with E-state index in [1.54, 1.807) is 13.2 Å². The van der Waals surface area contributed by atoms with Gasteiger partial charge in [0, 0.05) is 17.3 Å². The molecule has 0 heterocycles. The monoisotopic (exact) mass is 337 g/mol. The van der Waals surface area contributed by atoms with Crippen molar-refractivity contribution in [1.29, 1.82) is 0 Å². The molecule has 1 N–H and O–H groups in total. The van der Waals surface area contributed by atoms with Crippen LogP contribution in [0.2, 0.25) is 0 Å². The molecular formula is C15H13BrFNO2. The van der Waals surface area contributed by atoms with Gasteiger partial charge in [-0.3, -0.25) is 4.79 Å². The van der Waals surface area contributed by atoms with Crippen molar-refractivity contribution in [3.63, 3.8) is 0 Å². The highest BCUT2D eigenvalue weighted by Crippen LogP contribution is 2.20. The SMILES string of the molecule is COCc1cccc(NC(=O)c2ccc(F)cc2Br)c1. The van der Waals surface area contributed by atoms with Gasteiger partial charge in [0.15, 0.2) is 0 Å². The number of halogens is 2. The maximum Gasteiger partial charge on any atom is 0.256 e. The van der Waals surface area contributed by atoms with Gasteiger partial charge < -0.3 is 10.1 Å². The number of methoxy groups -OCH3 is 1. The fraction of sp³-hybridized carbons (Fsp3) is 0.133. The zero-order valence-corrected chi connectivity index (χ0v) is 12.4. The number of benzene rings is 2. The third-order valence-electron chi connectivity index (χ3n) is 2.67. The Kier molecular flexibility index (Phi) is 4.87. The lowest BCUT2D eigenvalue weighted by molar-refractivity contribution is 0.102. The Hall–Kier alpha value is -1.72. The van der Waals surface area contributed by atoms with Crippen LogP contribution in [0.3, 0.4) is 0 Å². The third-order valence-corrected chi connectivity index (χ3v) is 3.33. The molecule has 0 saturated carbocycles. The van der Waals surface area contributed by atoms with Crippen molar-refractivity contribution in [2.75, 3.05) is 12.4 Å². The molecule has 0 bridgehead atoms. The highest BCUT2D eigenvalue weighted by Gasteiger charge is 2.11. The summed E-state index contributed by atoms with van der Waals surface area (Å²) < 4.78 is 18.5. The van der Waals surface area contributed by atoms with Gasteiger partial charge in [0.1, 0.15) is 5.82 Å². The first kappa shape index (κ1) is 14.7. The molecule has 0 radical (unpaired) electrons. The van der Waals surface area contributed by atoms with Gasteiger partial charge in [-0.1, -0.05) is 12.1 Å². The number of hydrogen-bond donors (Lipinski definition) is 1. The topological polar surface area (TPSA) is 38.3 Å². The molecule has 0 aliphatic rings. The molecule has 20 heavy (non-hydrogen) atoms. The molecule has 5 heteroatoms. The smallest absolute Gasteiger partial charge is 0.256 e. The van der Waals surface area contributed by atoms with Crippen LogP contribution in [0.4, 0.5) is 10.1 Å². The first-order valence-corrected chi connectivity index (χ1v) is 6.73. The van der Waals surface area contributed by atoms with Crippen molar-refractivity contribution in [3.8, 4) is 0 Å². The van der Waals surface area contributed by atoms with E-state index in [1.165, 1.54) is 18.2 Å². The van der Waals surface area contributed by atoms with Gasteiger partial charge >= 0.3 is 0 Å². The Morgan fingerprint density at radius 1 is 1.30 bits per heavy atom. The van der Waals surface area contributed by atoms with Crippen LogP contribution in [0.25, 0.3) is 0 Å². The summed E-state index contributed by atoms with van der Waals surface area (Å²) in [6, 6.07) is 11.3. The summed E-state index contributed by atoms with van der Waals surface area (Å²) in [7, 11) is 1.61. The number of anilines is 1. The number of rotatable bonds is 4. The Morgan fingerprint density at radius 3 is 2.80 bits per heavy atom. The molecule has 0 atom stereocenters. The quantitative estimate of drug-likeness (QED) is 0.916. The van der Waals surface area contributed by atoms with Crippen molar-refractivity contribution in [2.24, 2.45) is 0 Å². The zero-order chi connectivity index (χ0) is 14.5. The molecule has 0 saturated heterocycles. The maximum absolute atomic E-state index is 13.0. The van der Waals surface area contributed by atoms with E-state index in [2.05, 4.69) is 21.2 Å². The highest BCUT2D eigenvalue weighted by atomic mass is 79.9. The largest absolute Gasteiger partial charge is 0.380 e. The molecule has 0 spiro atoms. The molecule has 2 aromatic rings. The van der Waals surface area contributed by atoms with E-state index in [4.69, 9.17) is 4.74 Å². The Labute approximate surface area is 124 Å². The zero-order valence-electron chi connectivity index (χ0n) is 10.8. The van der Waals surface area contributed by atoms with E-state index in [-0.39, 0.29) is 5.91 Å². The van der Waals surface area contributed by atoms with Gasteiger partial charge in [-0.05, 0) is 51.8 Å². The lowest BCUT2D eigenvalue weighted by Crippen LogP contribution is -2.12. The second-order valence-corrected chi connectivity index (χ2v) is 5.07. The van der Waals surface area contributed by atoms with Gasteiger partial charge in [0.05, 0.1) is 12.2 Å². The summed E-state index contributed by atoms with van der Waals surface area (Å²) in [5.41, 5.74) is 2.01. The first-order chi connectivity index (χ1) is 9.60.